The molecule has 1 saturated carbocycles. The maximum atomic E-state index is 12.5. The summed E-state index contributed by atoms with van der Waals surface area (Å²) in [5, 5.41) is 11.4. The highest BCUT2D eigenvalue weighted by molar-refractivity contribution is 8.00. The van der Waals surface area contributed by atoms with Gasteiger partial charge in [0.05, 0.1) is 5.25 Å². The van der Waals surface area contributed by atoms with Gasteiger partial charge in [0, 0.05) is 11.6 Å². The average molecular weight is 388 g/mol. The molecule has 1 atom stereocenters. The zero-order valence-electron chi connectivity index (χ0n) is 16.6. The third-order valence-electron chi connectivity index (χ3n) is 5.04. The van der Waals surface area contributed by atoms with E-state index in [4.69, 9.17) is 4.42 Å². The predicted octanol–water partition coefficient (Wildman–Crippen LogP) is 5.53. The number of benzene rings is 1. The van der Waals surface area contributed by atoms with Crippen molar-refractivity contribution in [3.8, 4) is 0 Å². The van der Waals surface area contributed by atoms with Crippen LogP contribution < -0.4 is 5.32 Å². The Kier molecular flexibility index (Phi) is 6.25. The zero-order valence-corrected chi connectivity index (χ0v) is 17.4. The molecule has 6 heteroatoms. The molecule has 0 saturated heterocycles. The molecule has 1 fully saturated rings. The van der Waals surface area contributed by atoms with E-state index >= 15 is 0 Å². The molecule has 0 radical (unpaired) electrons. The summed E-state index contributed by atoms with van der Waals surface area (Å²) < 4.78 is 5.81. The Morgan fingerprint density at radius 2 is 1.81 bits per heavy atom. The van der Waals surface area contributed by atoms with Gasteiger partial charge in [-0.3, -0.25) is 4.79 Å². The van der Waals surface area contributed by atoms with Crippen LogP contribution in [0.25, 0.3) is 0 Å². The van der Waals surface area contributed by atoms with Gasteiger partial charge in [0.2, 0.25) is 11.8 Å². The van der Waals surface area contributed by atoms with Crippen molar-refractivity contribution in [3.63, 3.8) is 0 Å². The first kappa shape index (κ1) is 19.9. The molecule has 0 unspecified atom stereocenters. The maximum absolute atomic E-state index is 12.5. The molecule has 1 aliphatic rings. The summed E-state index contributed by atoms with van der Waals surface area (Å²) in [5.41, 5.74) is 2.14. The van der Waals surface area contributed by atoms with E-state index in [1.54, 1.807) is 0 Å². The summed E-state index contributed by atoms with van der Waals surface area (Å²) in [7, 11) is 0. The van der Waals surface area contributed by atoms with E-state index in [2.05, 4.69) is 48.4 Å². The Morgan fingerprint density at radius 1 is 1.15 bits per heavy atom. The van der Waals surface area contributed by atoms with Gasteiger partial charge in [0.15, 0.2) is 0 Å². The molecule has 1 amide bonds. The van der Waals surface area contributed by atoms with Crippen molar-refractivity contribution < 1.29 is 9.21 Å². The monoisotopic (exact) mass is 387 g/mol. The van der Waals surface area contributed by atoms with Crippen molar-refractivity contribution in [1.82, 2.24) is 10.2 Å². The van der Waals surface area contributed by atoms with E-state index in [1.807, 2.05) is 19.1 Å². The summed E-state index contributed by atoms with van der Waals surface area (Å²) in [4.78, 5) is 12.5. The van der Waals surface area contributed by atoms with Crippen LogP contribution in [0, 0.1) is 0 Å². The first-order valence-electron chi connectivity index (χ1n) is 9.74. The number of hydrogen-bond donors (Lipinski definition) is 1. The Labute approximate surface area is 165 Å². The van der Waals surface area contributed by atoms with Crippen molar-refractivity contribution >= 4 is 23.4 Å². The molecule has 1 aliphatic carbocycles. The quantitative estimate of drug-likeness (QED) is 0.683. The molecule has 5 nitrogen and oxygen atoms in total. The number of amides is 1. The zero-order chi connectivity index (χ0) is 19.4. The second-order valence-electron chi connectivity index (χ2n) is 8.32. The Bertz CT molecular complexity index is 758. The van der Waals surface area contributed by atoms with Crippen LogP contribution in [0.4, 0.5) is 5.69 Å². The Balaban J connectivity index is 1.55. The summed E-state index contributed by atoms with van der Waals surface area (Å²) >= 11 is 1.31. The van der Waals surface area contributed by atoms with Gasteiger partial charge in [-0.2, -0.15) is 0 Å². The predicted molar refractivity (Wildman–Crippen MR) is 109 cm³/mol. The minimum absolute atomic E-state index is 0.0686. The van der Waals surface area contributed by atoms with Crippen molar-refractivity contribution in [3.05, 3.63) is 35.7 Å². The van der Waals surface area contributed by atoms with Crippen LogP contribution in [0.15, 0.2) is 33.9 Å². The highest BCUT2D eigenvalue weighted by Gasteiger charge is 2.23. The average Bonchev–Trinajstić information content (AvgIpc) is 3.10. The van der Waals surface area contributed by atoms with Gasteiger partial charge in [0.1, 0.15) is 0 Å². The molecule has 27 heavy (non-hydrogen) atoms. The first-order valence-corrected chi connectivity index (χ1v) is 10.6. The van der Waals surface area contributed by atoms with Crippen LogP contribution in [0.2, 0.25) is 0 Å². The van der Waals surface area contributed by atoms with Crippen molar-refractivity contribution in [2.75, 3.05) is 5.32 Å². The van der Waals surface area contributed by atoms with Crippen LogP contribution >= 0.6 is 11.8 Å². The molecule has 2 aromatic rings. The number of nitrogens with one attached hydrogen (secondary N) is 1. The van der Waals surface area contributed by atoms with Crippen LogP contribution in [-0.2, 0) is 10.2 Å². The lowest BCUT2D eigenvalue weighted by Crippen LogP contribution is -2.22. The number of carbonyl (C=O) groups excluding carboxylic acids is 1. The molecule has 1 heterocycles. The number of hydrogen-bond acceptors (Lipinski definition) is 5. The fourth-order valence-electron chi connectivity index (χ4n) is 3.28. The van der Waals surface area contributed by atoms with E-state index in [1.165, 1.54) is 36.6 Å². The van der Waals surface area contributed by atoms with E-state index in [-0.39, 0.29) is 16.6 Å². The minimum atomic E-state index is -0.313. The Morgan fingerprint density at radius 3 is 2.44 bits per heavy atom. The van der Waals surface area contributed by atoms with Gasteiger partial charge < -0.3 is 9.73 Å². The molecular weight excluding hydrogens is 358 g/mol. The third kappa shape index (κ3) is 5.34. The van der Waals surface area contributed by atoms with Crippen LogP contribution in [0.1, 0.15) is 77.2 Å². The highest BCUT2D eigenvalue weighted by atomic mass is 32.2. The number of carbonyl (C=O) groups is 1. The smallest absolute Gasteiger partial charge is 0.277 e. The summed E-state index contributed by atoms with van der Waals surface area (Å²) in [5.74, 6) is 1.04. The van der Waals surface area contributed by atoms with Gasteiger partial charge in [0.25, 0.3) is 5.22 Å². The second-order valence-corrected chi connectivity index (χ2v) is 9.61. The molecular formula is C21H29N3O2S. The van der Waals surface area contributed by atoms with Crippen molar-refractivity contribution in [2.24, 2.45) is 0 Å². The first-order chi connectivity index (χ1) is 12.8. The molecule has 0 aliphatic heterocycles. The lowest BCUT2D eigenvalue weighted by molar-refractivity contribution is -0.115. The molecule has 1 aromatic carbocycles. The Hall–Kier alpha value is -1.82. The normalized spacial score (nSPS) is 16.9. The van der Waals surface area contributed by atoms with Gasteiger partial charge in [-0.15, -0.1) is 10.2 Å². The van der Waals surface area contributed by atoms with Crippen molar-refractivity contribution in [1.29, 1.82) is 0 Å². The fourth-order valence-corrected chi connectivity index (χ4v) is 3.97. The van der Waals surface area contributed by atoms with Gasteiger partial charge in [-0.1, -0.05) is 63.9 Å². The van der Waals surface area contributed by atoms with Gasteiger partial charge in [-0.25, -0.2) is 0 Å². The molecule has 0 spiro atoms. The minimum Gasteiger partial charge on any atom is -0.416 e. The number of thioether (sulfide) groups is 1. The van der Waals surface area contributed by atoms with Gasteiger partial charge >= 0.3 is 0 Å². The molecule has 0 bridgehead atoms. The number of aromatic nitrogens is 2. The molecule has 3 rings (SSSR count). The standard InChI is InChI=1S/C21H29N3O2S/c1-14(18(25)22-17-12-10-16(11-13-17)21(2,3)4)27-20-24-23-19(26-20)15-8-6-5-7-9-15/h10-15H,5-9H2,1-4H3,(H,22,25)/t14-/m1/s1. The third-order valence-corrected chi connectivity index (χ3v) is 5.98. The number of anilines is 1. The topological polar surface area (TPSA) is 68.0 Å². The number of nitrogens with zero attached hydrogens (tertiary/aromatic N) is 2. The lowest BCUT2D eigenvalue weighted by atomic mass is 9.87. The maximum Gasteiger partial charge on any atom is 0.277 e. The lowest BCUT2D eigenvalue weighted by Gasteiger charge is -2.19. The summed E-state index contributed by atoms with van der Waals surface area (Å²) in [6.07, 6.45) is 5.98. The summed E-state index contributed by atoms with van der Waals surface area (Å²) in [6, 6.07) is 8.01. The van der Waals surface area contributed by atoms with E-state index in [9.17, 15) is 4.79 Å². The summed E-state index contributed by atoms with van der Waals surface area (Å²) in [6.45, 7) is 8.37. The molecule has 1 aromatic heterocycles. The fraction of sp³-hybridized carbons (Fsp3) is 0.571. The molecule has 146 valence electrons. The SMILES string of the molecule is C[C@@H](Sc1nnc(C2CCCCC2)o1)C(=O)Nc1ccc(C(C)(C)C)cc1. The van der Waals surface area contributed by atoms with Crippen LogP contribution in [0.3, 0.4) is 0 Å². The largest absolute Gasteiger partial charge is 0.416 e. The molecule has 1 N–H and O–H groups in total. The van der Waals surface area contributed by atoms with E-state index in [0.29, 0.717) is 11.1 Å². The van der Waals surface area contributed by atoms with Crippen LogP contribution in [-0.4, -0.2) is 21.4 Å². The van der Waals surface area contributed by atoms with Crippen LogP contribution in [0.5, 0.6) is 0 Å². The number of rotatable bonds is 5. The van der Waals surface area contributed by atoms with Crippen molar-refractivity contribution in [2.45, 2.75) is 81.6 Å². The highest BCUT2D eigenvalue weighted by Crippen LogP contribution is 2.33. The van der Waals surface area contributed by atoms with E-state index in [0.717, 1.165) is 24.4 Å². The van der Waals surface area contributed by atoms with Gasteiger partial charge in [-0.05, 0) is 42.9 Å². The second kappa shape index (κ2) is 8.46. The van der Waals surface area contributed by atoms with E-state index < -0.39 is 0 Å².